The maximum absolute atomic E-state index is 12.6. The first-order valence-corrected chi connectivity index (χ1v) is 7.17. The second-order valence-corrected chi connectivity index (χ2v) is 5.43. The number of rotatable bonds is 3. The van der Waals surface area contributed by atoms with Crippen molar-refractivity contribution in [3.8, 4) is 0 Å². The third kappa shape index (κ3) is 2.45. The van der Waals surface area contributed by atoms with Crippen molar-refractivity contribution in [2.75, 3.05) is 5.32 Å². The van der Waals surface area contributed by atoms with Crippen LogP contribution in [0.4, 0.5) is 5.82 Å². The van der Waals surface area contributed by atoms with Crippen molar-refractivity contribution in [2.24, 2.45) is 0 Å². The largest absolute Gasteiger partial charge is 0.309 e. The molecule has 0 saturated carbocycles. The number of aryl methyl sites for hydroxylation is 1. The molecular formula is C15H14ClN3O2. The van der Waals surface area contributed by atoms with Gasteiger partial charge in [0.25, 0.3) is 5.91 Å². The van der Waals surface area contributed by atoms with E-state index in [9.17, 15) is 9.59 Å². The molecule has 1 N–H and O–H groups in total. The molecule has 2 heterocycles. The van der Waals surface area contributed by atoms with E-state index in [1.165, 1.54) is 4.68 Å². The number of aromatic nitrogens is 2. The summed E-state index contributed by atoms with van der Waals surface area (Å²) in [6, 6.07) is 8.52. The molecule has 1 aromatic heterocycles. The van der Waals surface area contributed by atoms with Gasteiger partial charge in [0.15, 0.2) is 0 Å². The number of amides is 1. The molecule has 1 aliphatic heterocycles. The number of carbonyl (C=O) groups excluding carboxylic acids is 2. The van der Waals surface area contributed by atoms with Gasteiger partial charge >= 0.3 is 0 Å². The van der Waals surface area contributed by atoms with Gasteiger partial charge in [0.1, 0.15) is 11.7 Å². The summed E-state index contributed by atoms with van der Waals surface area (Å²) in [7, 11) is 0. The maximum Gasteiger partial charge on any atom is 0.265 e. The number of benzene rings is 1. The fourth-order valence-corrected chi connectivity index (χ4v) is 2.68. The zero-order valence-electron chi connectivity index (χ0n) is 11.5. The Bertz CT molecular complexity index is 723. The van der Waals surface area contributed by atoms with Crippen molar-refractivity contribution in [3.05, 3.63) is 46.6 Å². The number of anilines is 1. The second kappa shape index (κ2) is 5.33. The molecule has 0 spiro atoms. The monoisotopic (exact) mass is 303 g/mol. The van der Waals surface area contributed by atoms with Gasteiger partial charge in [-0.3, -0.25) is 9.59 Å². The number of nitrogens with one attached hydrogen (secondary N) is 1. The van der Waals surface area contributed by atoms with E-state index in [1.807, 2.05) is 6.92 Å². The lowest BCUT2D eigenvalue weighted by atomic mass is 9.96. The van der Waals surface area contributed by atoms with Gasteiger partial charge in [0, 0.05) is 11.1 Å². The smallest absolute Gasteiger partial charge is 0.265 e. The molecule has 1 amide bonds. The molecule has 1 atom stereocenters. The van der Waals surface area contributed by atoms with Crippen LogP contribution in [-0.4, -0.2) is 21.6 Å². The summed E-state index contributed by atoms with van der Waals surface area (Å²) >= 11 is 5.94. The van der Waals surface area contributed by atoms with Crippen LogP contribution in [-0.2, 0) is 11.2 Å². The van der Waals surface area contributed by atoms with Crippen LogP contribution in [0, 0.1) is 0 Å². The van der Waals surface area contributed by atoms with E-state index in [1.54, 1.807) is 30.3 Å². The highest BCUT2D eigenvalue weighted by Crippen LogP contribution is 2.28. The summed E-state index contributed by atoms with van der Waals surface area (Å²) < 4.78 is 1.28. The van der Waals surface area contributed by atoms with Crippen molar-refractivity contribution >= 4 is 29.2 Å². The molecule has 1 aliphatic rings. The summed E-state index contributed by atoms with van der Waals surface area (Å²) in [6.45, 7) is 2.04. The topological polar surface area (TPSA) is 64.0 Å². The fourth-order valence-electron chi connectivity index (χ4n) is 2.48. The molecule has 1 aromatic carbocycles. The van der Waals surface area contributed by atoms with Crippen LogP contribution >= 0.6 is 11.6 Å². The van der Waals surface area contributed by atoms with Crippen molar-refractivity contribution < 1.29 is 9.59 Å². The molecular weight excluding hydrogens is 290 g/mol. The molecule has 108 valence electrons. The van der Waals surface area contributed by atoms with Crippen molar-refractivity contribution in [1.82, 2.24) is 9.78 Å². The molecule has 0 radical (unpaired) electrons. The summed E-state index contributed by atoms with van der Waals surface area (Å²) in [4.78, 5) is 24.8. The van der Waals surface area contributed by atoms with E-state index in [0.717, 1.165) is 18.5 Å². The Kier molecular flexibility index (Phi) is 3.51. The average Bonchev–Trinajstić information content (AvgIpc) is 2.82. The van der Waals surface area contributed by atoms with Gasteiger partial charge in [-0.2, -0.15) is 9.78 Å². The minimum atomic E-state index is -0.912. The molecule has 1 unspecified atom stereocenters. The Hall–Kier alpha value is -2.14. The van der Waals surface area contributed by atoms with Crippen LogP contribution in [0.2, 0.25) is 5.02 Å². The molecule has 2 aromatic rings. The van der Waals surface area contributed by atoms with Crippen molar-refractivity contribution in [1.29, 1.82) is 0 Å². The predicted molar refractivity (Wildman–Crippen MR) is 79.7 cm³/mol. The third-order valence-corrected chi connectivity index (χ3v) is 3.65. The molecule has 0 bridgehead atoms. The van der Waals surface area contributed by atoms with Gasteiger partial charge in [-0.1, -0.05) is 37.1 Å². The van der Waals surface area contributed by atoms with Gasteiger partial charge in [-0.05, 0) is 24.1 Å². The zero-order chi connectivity index (χ0) is 15.0. The number of halogens is 1. The number of fused-ring (bicyclic) bond motifs is 1. The van der Waals surface area contributed by atoms with Crippen molar-refractivity contribution in [2.45, 2.75) is 25.7 Å². The summed E-state index contributed by atoms with van der Waals surface area (Å²) in [5, 5.41) is 7.50. The van der Waals surface area contributed by atoms with E-state index in [-0.39, 0.29) is 11.8 Å². The highest BCUT2D eigenvalue weighted by atomic mass is 35.5. The van der Waals surface area contributed by atoms with E-state index >= 15 is 0 Å². The number of carbonyl (C=O) groups is 2. The summed E-state index contributed by atoms with van der Waals surface area (Å²) in [6.07, 6.45) is 1.70. The van der Waals surface area contributed by atoms with E-state index in [2.05, 4.69) is 10.4 Å². The van der Waals surface area contributed by atoms with Gasteiger partial charge in [0.2, 0.25) is 5.91 Å². The number of hydrogen-bond donors (Lipinski definition) is 1. The first-order chi connectivity index (χ1) is 10.1. The van der Waals surface area contributed by atoms with E-state index < -0.39 is 5.92 Å². The Labute approximate surface area is 126 Å². The third-order valence-electron chi connectivity index (χ3n) is 3.42. The zero-order valence-corrected chi connectivity index (χ0v) is 12.2. The van der Waals surface area contributed by atoms with E-state index in [4.69, 9.17) is 11.6 Å². The Morgan fingerprint density at radius 1 is 1.33 bits per heavy atom. The number of nitrogens with zero attached hydrogens (tertiary/aromatic N) is 2. The van der Waals surface area contributed by atoms with Gasteiger partial charge in [-0.25, -0.2) is 0 Å². The van der Waals surface area contributed by atoms with Gasteiger partial charge < -0.3 is 5.32 Å². The first-order valence-electron chi connectivity index (χ1n) is 6.79. The van der Waals surface area contributed by atoms with Crippen LogP contribution in [0.5, 0.6) is 0 Å². The predicted octanol–water partition coefficient (Wildman–Crippen LogP) is 2.87. The highest BCUT2D eigenvalue weighted by molar-refractivity contribution is 6.30. The molecule has 6 heteroatoms. The minimum absolute atomic E-state index is 0.349. The molecule has 3 rings (SSSR count). The molecule has 5 nitrogen and oxygen atoms in total. The SMILES string of the molecule is CCCc1cc2n(n1)C(=O)C(c1cccc(Cl)c1)C(=O)N2. The number of hydrogen-bond acceptors (Lipinski definition) is 3. The van der Waals surface area contributed by atoms with Crippen molar-refractivity contribution in [3.63, 3.8) is 0 Å². The Balaban J connectivity index is 2.01. The lowest BCUT2D eigenvalue weighted by Crippen LogP contribution is -2.38. The van der Waals surface area contributed by atoms with Gasteiger partial charge in [-0.15, -0.1) is 0 Å². The standard InChI is InChI=1S/C15H14ClN3O2/c1-2-4-11-8-12-17-14(20)13(15(21)19(12)18-11)9-5-3-6-10(16)7-9/h3,5-8,13H,2,4H2,1H3,(H,17,20). The van der Waals surface area contributed by atoms with Crippen LogP contribution in [0.1, 0.15) is 35.3 Å². The fraction of sp³-hybridized carbons (Fsp3) is 0.267. The molecule has 0 aliphatic carbocycles. The van der Waals surface area contributed by atoms with Crippen LogP contribution in [0.3, 0.4) is 0 Å². The lowest BCUT2D eigenvalue weighted by Gasteiger charge is -2.22. The van der Waals surface area contributed by atoms with Gasteiger partial charge in [0.05, 0.1) is 5.69 Å². The Morgan fingerprint density at radius 3 is 2.86 bits per heavy atom. The maximum atomic E-state index is 12.6. The van der Waals surface area contributed by atoms with Crippen LogP contribution in [0.15, 0.2) is 30.3 Å². The normalized spacial score (nSPS) is 17.5. The Morgan fingerprint density at radius 2 is 2.14 bits per heavy atom. The lowest BCUT2D eigenvalue weighted by molar-refractivity contribution is -0.117. The molecule has 0 saturated heterocycles. The quantitative estimate of drug-likeness (QED) is 0.887. The highest BCUT2D eigenvalue weighted by Gasteiger charge is 2.36. The van der Waals surface area contributed by atoms with Crippen LogP contribution in [0.25, 0.3) is 0 Å². The summed E-state index contributed by atoms with van der Waals surface area (Å²) in [5.74, 6) is -1.17. The molecule has 21 heavy (non-hydrogen) atoms. The second-order valence-electron chi connectivity index (χ2n) is 5.00. The average molecular weight is 304 g/mol. The summed E-state index contributed by atoms with van der Waals surface area (Å²) in [5.41, 5.74) is 1.37. The minimum Gasteiger partial charge on any atom is -0.309 e. The first kappa shape index (κ1) is 13.8. The molecule has 0 fully saturated rings. The van der Waals surface area contributed by atoms with E-state index in [0.29, 0.717) is 16.4 Å². The van der Waals surface area contributed by atoms with Crippen LogP contribution < -0.4 is 5.32 Å².